The minimum absolute atomic E-state index is 0.107. The van der Waals surface area contributed by atoms with Crippen molar-refractivity contribution in [1.82, 2.24) is 14.9 Å². The fraction of sp³-hybridized carbons (Fsp3) is 0.304. The fourth-order valence-corrected chi connectivity index (χ4v) is 4.07. The van der Waals surface area contributed by atoms with E-state index in [-0.39, 0.29) is 24.5 Å². The van der Waals surface area contributed by atoms with Gasteiger partial charge in [0.15, 0.2) is 0 Å². The minimum Gasteiger partial charge on any atom is -0.392 e. The van der Waals surface area contributed by atoms with Crippen molar-refractivity contribution in [2.45, 2.75) is 38.1 Å². The molecule has 1 heterocycles. The molecule has 0 saturated heterocycles. The Balaban J connectivity index is 1.41. The molecule has 2 aromatic carbocycles. The standard InChI is InChI=1S/C23H25N3O3/c27-15-16-5-4-8-19(11-16)23(29)25-20-12-17(13-21(20)28)14-26-10-9-24-22(26)18-6-2-1-3-7-18/h1-11,17,20-21,27-28H,12-15H2,(H,25,29)/t17?,20-,21-/m1/s1. The van der Waals surface area contributed by atoms with Gasteiger partial charge in [0.1, 0.15) is 5.82 Å². The van der Waals surface area contributed by atoms with E-state index in [1.165, 1.54) is 0 Å². The highest BCUT2D eigenvalue weighted by molar-refractivity contribution is 5.94. The molecule has 6 nitrogen and oxygen atoms in total. The van der Waals surface area contributed by atoms with E-state index < -0.39 is 6.10 Å². The number of carbonyl (C=O) groups is 1. The lowest BCUT2D eigenvalue weighted by Crippen LogP contribution is -2.39. The third-order valence-electron chi connectivity index (χ3n) is 5.52. The Morgan fingerprint density at radius 2 is 1.97 bits per heavy atom. The second-order valence-electron chi connectivity index (χ2n) is 7.61. The summed E-state index contributed by atoms with van der Waals surface area (Å²) in [5.41, 5.74) is 2.24. The van der Waals surface area contributed by atoms with Gasteiger partial charge in [-0.1, -0.05) is 42.5 Å². The molecule has 1 unspecified atom stereocenters. The second-order valence-corrected chi connectivity index (χ2v) is 7.61. The predicted molar refractivity (Wildman–Crippen MR) is 110 cm³/mol. The lowest BCUT2D eigenvalue weighted by atomic mass is 10.1. The molecule has 0 bridgehead atoms. The van der Waals surface area contributed by atoms with Gasteiger partial charge in [-0.2, -0.15) is 0 Å². The molecule has 0 aliphatic heterocycles. The lowest BCUT2D eigenvalue weighted by Gasteiger charge is -2.17. The predicted octanol–water partition coefficient (Wildman–Crippen LogP) is 2.61. The van der Waals surface area contributed by atoms with Crippen molar-refractivity contribution >= 4 is 5.91 Å². The maximum atomic E-state index is 12.6. The van der Waals surface area contributed by atoms with Crippen molar-refractivity contribution in [2.24, 2.45) is 5.92 Å². The Morgan fingerprint density at radius 3 is 2.76 bits per heavy atom. The summed E-state index contributed by atoms with van der Waals surface area (Å²) in [4.78, 5) is 17.0. The Hall–Kier alpha value is -2.96. The zero-order chi connectivity index (χ0) is 20.2. The first kappa shape index (κ1) is 19.4. The highest BCUT2D eigenvalue weighted by Crippen LogP contribution is 2.29. The molecule has 4 rings (SSSR count). The first-order valence-corrected chi connectivity index (χ1v) is 9.89. The average Bonchev–Trinajstić information content (AvgIpc) is 3.35. The van der Waals surface area contributed by atoms with Crippen molar-refractivity contribution in [1.29, 1.82) is 0 Å². The molecule has 1 fully saturated rings. The van der Waals surface area contributed by atoms with Crippen LogP contribution >= 0.6 is 0 Å². The molecule has 0 radical (unpaired) electrons. The van der Waals surface area contributed by atoms with Crippen LogP contribution in [0.15, 0.2) is 67.0 Å². The largest absolute Gasteiger partial charge is 0.392 e. The van der Waals surface area contributed by atoms with Crippen LogP contribution in [0.5, 0.6) is 0 Å². The van der Waals surface area contributed by atoms with Gasteiger partial charge in [0.25, 0.3) is 5.91 Å². The molecular formula is C23H25N3O3. The maximum Gasteiger partial charge on any atom is 0.251 e. The Kier molecular flexibility index (Phi) is 5.74. The number of hydrogen-bond donors (Lipinski definition) is 3. The first-order valence-electron chi connectivity index (χ1n) is 9.89. The zero-order valence-electron chi connectivity index (χ0n) is 16.1. The molecule has 150 valence electrons. The zero-order valence-corrected chi connectivity index (χ0v) is 16.1. The van der Waals surface area contributed by atoms with Crippen molar-refractivity contribution < 1.29 is 15.0 Å². The van der Waals surface area contributed by atoms with Gasteiger partial charge in [-0.25, -0.2) is 4.98 Å². The highest BCUT2D eigenvalue weighted by Gasteiger charge is 2.34. The number of aromatic nitrogens is 2. The molecule has 3 N–H and O–H groups in total. The average molecular weight is 391 g/mol. The summed E-state index contributed by atoms with van der Waals surface area (Å²) in [5, 5.41) is 22.7. The number of aliphatic hydroxyl groups is 2. The van der Waals surface area contributed by atoms with Gasteiger partial charge in [0.2, 0.25) is 0 Å². The summed E-state index contributed by atoms with van der Waals surface area (Å²) in [6, 6.07) is 16.7. The monoisotopic (exact) mass is 391 g/mol. The minimum atomic E-state index is -0.575. The number of rotatable bonds is 6. The molecular weight excluding hydrogens is 366 g/mol. The lowest BCUT2D eigenvalue weighted by molar-refractivity contribution is 0.0872. The van der Waals surface area contributed by atoms with Crippen molar-refractivity contribution in [3.8, 4) is 11.4 Å². The van der Waals surface area contributed by atoms with Crippen molar-refractivity contribution in [3.63, 3.8) is 0 Å². The molecule has 0 spiro atoms. The van der Waals surface area contributed by atoms with E-state index in [9.17, 15) is 15.0 Å². The molecule has 1 amide bonds. The molecule has 6 heteroatoms. The summed E-state index contributed by atoms with van der Waals surface area (Å²) in [7, 11) is 0. The third-order valence-corrected chi connectivity index (χ3v) is 5.52. The maximum absolute atomic E-state index is 12.6. The number of hydrogen-bond acceptors (Lipinski definition) is 4. The van der Waals surface area contributed by atoms with Gasteiger partial charge in [0, 0.05) is 30.1 Å². The number of aliphatic hydroxyl groups excluding tert-OH is 2. The number of benzene rings is 2. The van der Waals surface area contributed by atoms with Crippen molar-refractivity contribution in [3.05, 3.63) is 78.1 Å². The van der Waals surface area contributed by atoms with Crippen LogP contribution in [0, 0.1) is 5.92 Å². The molecule has 3 aromatic rings. The third kappa shape index (κ3) is 4.39. The van der Waals surface area contributed by atoms with E-state index in [1.807, 2.05) is 36.5 Å². The van der Waals surface area contributed by atoms with E-state index in [1.54, 1.807) is 30.5 Å². The summed E-state index contributed by atoms with van der Waals surface area (Å²) in [6.07, 6.45) is 4.52. The first-order chi connectivity index (χ1) is 14.1. The van der Waals surface area contributed by atoms with Crippen LogP contribution in [-0.4, -0.2) is 37.8 Å². The topological polar surface area (TPSA) is 87.4 Å². The Bertz CT molecular complexity index is 970. The Labute approximate surface area is 169 Å². The van der Waals surface area contributed by atoms with Gasteiger partial charge < -0.3 is 20.1 Å². The van der Waals surface area contributed by atoms with Crippen LogP contribution in [0.3, 0.4) is 0 Å². The van der Waals surface area contributed by atoms with Crippen LogP contribution < -0.4 is 5.32 Å². The number of nitrogens with zero attached hydrogens (tertiary/aromatic N) is 2. The van der Waals surface area contributed by atoms with Crippen LogP contribution in [0.1, 0.15) is 28.8 Å². The van der Waals surface area contributed by atoms with E-state index >= 15 is 0 Å². The molecule has 1 aliphatic carbocycles. The fourth-order valence-electron chi connectivity index (χ4n) is 4.07. The summed E-state index contributed by atoms with van der Waals surface area (Å²) in [5.74, 6) is 0.932. The van der Waals surface area contributed by atoms with Crippen LogP contribution in [0.2, 0.25) is 0 Å². The SMILES string of the molecule is O=C(N[C@@H]1CC(Cn2ccnc2-c2ccccc2)C[C@H]1O)c1cccc(CO)c1. The van der Waals surface area contributed by atoms with Crippen molar-refractivity contribution in [2.75, 3.05) is 0 Å². The molecule has 3 atom stereocenters. The van der Waals surface area contributed by atoms with Gasteiger partial charge in [-0.05, 0) is 36.5 Å². The number of nitrogens with one attached hydrogen (secondary N) is 1. The quantitative estimate of drug-likeness (QED) is 0.603. The van der Waals surface area contributed by atoms with Crippen LogP contribution in [-0.2, 0) is 13.2 Å². The number of imidazole rings is 1. The van der Waals surface area contributed by atoms with E-state index in [0.29, 0.717) is 24.0 Å². The van der Waals surface area contributed by atoms with Crippen LogP contribution in [0.25, 0.3) is 11.4 Å². The summed E-state index contributed by atoms with van der Waals surface area (Å²) < 4.78 is 2.11. The van der Waals surface area contributed by atoms with Gasteiger partial charge in [-0.15, -0.1) is 0 Å². The van der Waals surface area contributed by atoms with Gasteiger partial charge in [-0.3, -0.25) is 4.79 Å². The van der Waals surface area contributed by atoms with E-state index in [4.69, 9.17) is 0 Å². The summed E-state index contributed by atoms with van der Waals surface area (Å²) in [6.45, 7) is 0.636. The van der Waals surface area contributed by atoms with Gasteiger partial charge >= 0.3 is 0 Å². The highest BCUT2D eigenvalue weighted by atomic mass is 16.3. The normalized spacial score (nSPS) is 21.2. The molecule has 1 aromatic heterocycles. The van der Waals surface area contributed by atoms with E-state index in [2.05, 4.69) is 14.9 Å². The van der Waals surface area contributed by atoms with Gasteiger partial charge in [0.05, 0.1) is 18.8 Å². The smallest absolute Gasteiger partial charge is 0.251 e. The Morgan fingerprint density at radius 1 is 1.14 bits per heavy atom. The number of carbonyl (C=O) groups excluding carboxylic acids is 1. The van der Waals surface area contributed by atoms with E-state index in [0.717, 1.165) is 17.9 Å². The van der Waals surface area contributed by atoms with Crippen LogP contribution in [0.4, 0.5) is 0 Å². The molecule has 1 aliphatic rings. The number of amides is 1. The summed E-state index contributed by atoms with van der Waals surface area (Å²) >= 11 is 0. The second kappa shape index (κ2) is 8.59. The molecule has 29 heavy (non-hydrogen) atoms. The molecule has 1 saturated carbocycles.